The van der Waals surface area contributed by atoms with Crippen LogP contribution < -0.4 is 5.73 Å². The van der Waals surface area contributed by atoms with Crippen molar-refractivity contribution >= 4 is 29.0 Å². The molecule has 1 amide bonds. The molecule has 0 radical (unpaired) electrons. The number of rotatable bonds is 6. The van der Waals surface area contributed by atoms with Gasteiger partial charge in [-0.2, -0.15) is 0 Å². The Morgan fingerprint density at radius 3 is 3.14 bits per heavy atom. The minimum absolute atomic E-state index is 0.179. The Bertz CT molecular complexity index is 635. The molecule has 3 rings (SSSR count). The molecule has 2 N–H and O–H groups in total. The Morgan fingerprint density at radius 1 is 1.64 bits per heavy atom. The van der Waals surface area contributed by atoms with Gasteiger partial charge < -0.3 is 10.5 Å². The molecular weight excluding hydrogens is 320 g/mol. The lowest BCUT2D eigenvalue weighted by Gasteiger charge is -2.15. The van der Waals surface area contributed by atoms with Gasteiger partial charge in [0.05, 0.1) is 22.8 Å². The van der Waals surface area contributed by atoms with Gasteiger partial charge in [0.25, 0.3) is 0 Å². The molecule has 8 heteroatoms. The van der Waals surface area contributed by atoms with Crippen molar-refractivity contribution in [2.75, 3.05) is 6.61 Å². The summed E-state index contributed by atoms with van der Waals surface area (Å²) in [5.74, 6) is 0.471. The zero-order valence-corrected chi connectivity index (χ0v) is 13.9. The third kappa shape index (κ3) is 3.34. The second kappa shape index (κ2) is 6.80. The van der Waals surface area contributed by atoms with Crippen LogP contribution in [0, 0.1) is 0 Å². The van der Waals surface area contributed by atoms with E-state index in [9.17, 15) is 4.79 Å². The van der Waals surface area contributed by atoms with E-state index in [1.54, 1.807) is 18.3 Å². The molecule has 0 spiro atoms. The van der Waals surface area contributed by atoms with Gasteiger partial charge in [0.15, 0.2) is 11.0 Å². The molecule has 2 unspecified atom stereocenters. The first kappa shape index (κ1) is 15.5. The highest BCUT2D eigenvalue weighted by Gasteiger charge is 2.24. The van der Waals surface area contributed by atoms with E-state index < -0.39 is 0 Å². The molecule has 22 heavy (non-hydrogen) atoms. The van der Waals surface area contributed by atoms with E-state index in [0.29, 0.717) is 11.7 Å². The van der Waals surface area contributed by atoms with Gasteiger partial charge in [-0.1, -0.05) is 17.8 Å². The summed E-state index contributed by atoms with van der Waals surface area (Å²) >= 11 is 2.97. The molecule has 1 saturated heterocycles. The van der Waals surface area contributed by atoms with Crippen LogP contribution >= 0.6 is 23.1 Å². The lowest BCUT2D eigenvalue weighted by atomic mass is 10.2. The number of thioether (sulfide) groups is 1. The van der Waals surface area contributed by atoms with Crippen molar-refractivity contribution in [3.05, 3.63) is 17.5 Å². The van der Waals surface area contributed by atoms with Crippen LogP contribution in [0.5, 0.6) is 0 Å². The zero-order valence-electron chi connectivity index (χ0n) is 12.3. The molecule has 0 bridgehead atoms. The molecule has 0 aromatic carbocycles. The van der Waals surface area contributed by atoms with Gasteiger partial charge in [-0.3, -0.25) is 9.36 Å². The fourth-order valence-electron chi connectivity index (χ4n) is 2.34. The topological polar surface area (TPSA) is 83.0 Å². The molecular formula is C14H18N4O2S2. The number of thiophene rings is 1. The molecule has 0 saturated carbocycles. The number of ether oxygens (including phenoxy) is 1. The Morgan fingerprint density at radius 2 is 2.50 bits per heavy atom. The maximum absolute atomic E-state index is 11.3. The summed E-state index contributed by atoms with van der Waals surface area (Å²) in [6.45, 7) is 3.29. The van der Waals surface area contributed by atoms with Crippen LogP contribution in [-0.4, -0.2) is 38.6 Å². The summed E-state index contributed by atoms with van der Waals surface area (Å²) in [5.41, 5.74) is 5.36. The minimum atomic E-state index is -0.352. The van der Waals surface area contributed by atoms with Crippen molar-refractivity contribution in [1.29, 1.82) is 0 Å². The quantitative estimate of drug-likeness (QED) is 0.816. The van der Waals surface area contributed by atoms with E-state index in [2.05, 4.69) is 10.2 Å². The van der Waals surface area contributed by atoms with E-state index in [-0.39, 0.29) is 17.3 Å². The van der Waals surface area contributed by atoms with Crippen molar-refractivity contribution in [3.8, 4) is 10.7 Å². The summed E-state index contributed by atoms with van der Waals surface area (Å²) in [7, 11) is 0. The number of carbonyl (C=O) groups excluding carboxylic acids is 1. The highest BCUT2D eigenvalue weighted by molar-refractivity contribution is 8.00. The van der Waals surface area contributed by atoms with Crippen LogP contribution in [-0.2, 0) is 16.1 Å². The van der Waals surface area contributed by atoms with E-state index in [1.807, 2.05) is 22.1 Å². The zero-order chi connectivity index (χ0) is 15.5. The van der Waals surface area contributed by atoms with E-state index >= 15 is 0 Å². The normalized spacial score (nSPS) is 19.4. The second-order valence-electron chi connectivity index (χ2n) is 5.19. The van der Waals surface area contributed by atoms with Gasteiger partial charge in [0, 0.05) is 6.61 Å². The van der Waals surface area contributed by atoms with Gasteiger partial charge in [0.1, 0.15) is 0 Å². The van der Waals surface area contributed by atoms with Crippen molar-refractivity contribution in [2.24, 2.45) is 5.73 Å². The van der Waals surface area contributed by atoms with Crippen LogP contribution in [0.25, 0.3) is 10.7 Å². The van der Waals surface area contributed by atoms with Crippen molar-refractivity contribution < 1.29 is 9.53 Å². The van der Waals surface area contributed by atoms with Crippen LogP contribution in [0.4, 0.5) is 0 Å². The smallest absolute Gasteiger partial charge is 0.230 e. The molecule has 2 aromatic heterocycles. The van der Waals surface area contributed by atoms with Gasteiger partial charge in [-0.25, -0.2) is 0 Å². The number of aromatic nitrogens is 3. The summed E-state index contributed by atoms with van der Waals surface area (Å²) in [6, 6.07) is 4.01. The summed E-state index contributed by atoms with van der Waals surface area (Å²) < 4.78 is 7.78. The van der Waals surface area contributed by atoms with E-state index in [0.717, 1.165) is 30.2 Å². The molecule has 118 valence electrons. The number of nitrogens with two attached hydrogens (primary N) is 1. The highest BCUT2D eigenvalue weighted by atomic mass is 32.2. The third-order valence-corrected chi connectivity index (χ3v) is 5.52. The van der Waals surface area contributed by atoms with Crippen molar-refractivity contribution in [1.82, 2.24) is 14.8 Å². The van der Waals surface area contributed by atoms with Crippen molar-refractivity contribution in [2.45, 2.75) is 42.8 Å². The van der Waals surface area contributed by atoms with Crippen LogP contribution in [0.15, 0.2) is 22.7 Å². The Labute approximate surface area is 137 Å². The number of carbonyl (C=O) groups is 1. The third-order valence-electron chi connectivity index (χ3n) is 3.55. The monoisotopic (exact) mass is 338 g/mol. The number of hydrogen-bond acceptors (Lipinski definition) is 6. The lowest BCUT2D eigenvalue weighted by Crippen LogP contribution is -2.23. The Hall–Kier alpha value is -1.38. The molecule has 1 fully saturated rings. The maximum Gasteiger partial charge on any atom is 0.230 e. The maximum atomic E-state index is 11.3. The molecule has 3 heterocycles. The van der Waals surface area contributed by atoms with E-state index in [1.165, 1.54) is 11.8 Å². The Balaban J connectivity index is 1.89. The standard InChI is InChI=1S/C14H18N4O2S2/c1-9(12(15)19)22-14-17-16-13(11-5-3-7-21-11)18(14)8-10-4-2-6-20-10/h3,5,7,9-10H,2,4,6,8H2,1H3,(H2,15,19). The Kier molecular flexibility index (Phi) is 4.80. The summed E-state index contributed by atoms with van der Waals surface area (Å²) in [5, 5.41) is 10.9. The number of hydrogen-bond donors (Lipinski definition) is 1. The number of nitrogens with zero attached hydrogens (tertiary/aromatic N) is 3. The average molecular weight is 338 g/mol. The van der Waals surface area contributed by atoms with Crippen LogP contribution in [0.3, 0.4) is 0 Å². The fraction of sp³-hybridized carbons (Fsp3) is 0.500. The first-order chi connectivity index (χ1) is 10.6. The van der Waals surface area contributed by atoms with Gasteiger partial charge in [0.2, 0.25) is 5.91 Å². The predicted octanol–water partition coefficient (Wildman–Crippen LogP) is 2.15. The second-order valence-corrected chi connectivity index (χ2v) is 7.45. The minimum Gasteiger partial charge on any atom is -0.376 e. The molecule has 0 aliphatic carbocycles. The average Bonchev–Trinajstić information content (AvgIpc) is 3.21. The SMILES string of the molecule is CC(Sc1nnc(-c2cccs2)n1CC1CCCO1)C(N)=O. The fourth-order valence-corrected chi connectivity index (χ4v) is 3.86. The summed E-state index contributed by atoms with van der Waals surface area (Å²) in [6.07, 6.45) is 2.30. The highest BCUT2D eigenvalue weighted by Crippen LogP contribution is 2.30. The molecule has 1 aliphatic heterocycles. The first-order valence-electron chi connectivity index (χ1n) is 7.20. The summed E-state index contributed by atoms with van der Waals surface area (Å²) in [4.78, 5) is 12.4. The first-order valence-corrected chi connectivity index (χ1v) is 8.95. The number of amides is 1. The number of primary amides is 1. The largest absolute Gasteiger partial charge is 0.376 e. The molecule has 2 aromatic rings. The van der Waals surface area contributed by atoms with Crippen LogP contribution in [0.2, 0.25) is 0 Å². The van der Waals surface area contributed by atoms with Gasteiger partial charge in [-0.15, -0.1) is 21.5 Å². The van der Waals surface area contributed by atoms with Gasteiger partial charge >= 0.3 is 0 Å². The molecule has 1 aliphatic rings. The predicted molar refractivity (Wildman–Crippen MR) is 86.8 cm³/mol. The van der Waals surface area contributed by atoms with Crippen molar-refractivity contribution in [3.63, 3.8) is 0 Å². The lowest BCUT2D eigenvalue weighted by molar-refractivity contribution is -0.117. The van der Waals surface area contributed by atoms with Gasteiger partial charge in [-0.05, 0) is 31.2 Å². The van der Waals surface area contributed by atoms with E-state index in [4.69, 9.17) is 10.5 Å². The molecule has 2 atom stereocenters. The van der Waals surface area contributed by atoms with Crippen LogP contribution in [0.1, 0.15) is 19.8 Å². The molecule has 6 nitrogen and oxygen atoms in total.